The number of aromatic nitrogens is 1. The van der Waals surface area contributed by atoms with Crippen LogP contribution in [0.4, 0.5) is 0 Å². The lowest BCUT2D eigenvalue weighted by Crippen LogP contribution is -2.26. The van der Waals surface area contributed by atoms with E-state index < -0.39 is 16.0 Å². The topological polar surface area (TPSA) is 125 Å². The van der Waals surface area contributed by atoms with Crippen LogP contribution in [-0.4, -0.2) is 43.5 Å². The minimum absolute atomic E-state index is 0.0104. The van der Waals surface area contributed by atoms with Crippen molar-refractivity contribution >= 4 is 33.2 Å². The quantitative estimate of drug-likeness (QED) is 0.627. The first kappa shape index (κ1) is 19.0. The Labute approximate surface area is 149 Å². The molecule has 2 aromatic rings. The van der Waals surface area contributed by atoms with Crippen LogP contribution in [0.2, 0.25) is 0 Å². The summed E-state index contributed by atoms with van der Waals surface area (Å²) in [6, 6.07) is 5.61. The van der Waals surface area contributed by atoms with E-state index in [0.29, 0.717) is 23.5 Å². The van der Waals surface area contributed by atoms with E-state index in [-0.39, 0.29) is 23.0 Å². The summed E-state index contributed by atoms with van der Waals surface area (Å²) < 4.78 is 26.0. The van der Waals surface area contributed by atoms with Gasteiger partial charge in [0.05, 0.1) is 9.90 Å². The fraction of sp³-hybridized carbons (Fsp3) is 0.267. The van der Waals surface area contributed by atoms with Crippen LogP contribution < -0.4 is 10.0 Å². The van der Waals surface area contributed by atoms with Gasteiger partial charge in [-0.15, -0.1) is 11.3 Å². The molecule has 0 fully saturated rings. The zero-order chi connectivity index (χ0) is 18.4. The standard InChI is InChI=1S/C15H17N3O5S2/c1-2-17-25(22,23)11-5-3-10(4-6-11)14(19)16-8-7-13-18-12(9-24-13)15(20)21/h3-6,9,17H,2,7-8H2,1H3,(H,16,19)(H,20,21). The lowest BCUT2D eigenvalue weighted by atomic mass is 10.2. The van der Waals surface area contributed by atoms with Gasteiger partial charge in [0.15, 0.2) is 5.69 Å². The zero-order valence-corrected chi connectivity index (χ0v) is 15.0. The smallest absolute Gasteiger partial charge is 0.355 e. The van der Waals surface area contributed by atoms with Crippen LogP contribution in [0.15, 0.2) is 34.5 Å². The molecule has 134 valence electrons. The molecule has 1 aromatic heterocycles. The Kier molecular flexibility index (Phi) is 6.23. The van der Waals surface area contributed by atoms with Crippen molar-refractivity contribution in [3.8, 4) is 0 Å². The van der Waals surface area contributed by atoms with Gasteiger partial charge in [-0.3, -0.25) is 4.79 Å². The molecule has 0 saturated carbocycles. The SMILES string of the molecule is CCNS(=O)(=O)c1ccc(C(=O)NCCc2nc(C(=O)O)cs2)cc1. The number of carboxylic acids is 1. The van der Waals surface area contributed by atoms with E-state index in [1.807, 2.05) is 0 Å². The minimum atomic E-state index is -3.55. The van der Waals surface area contributed by atoms with Gasteiger partial charge in [-0.1, -0.05) is 6.92 Å². The maximum absolute atomic E-state index is 12.0. The van der Waals surface area contributed by atoms with E-state index >= 15 is 0 Å². The van der Waals surface area contributed by atoms with E-state index in [2.05, 4.69) is 15.0 Å². The number of hydrogen-bond acceptors (Lipinski definition) is 6. The number of carbonyl (C=O) groups is 2. The normalized spacial score (nSPS) is 11.2. The van der Waals surface area contributed by atoms with Gasteiger partial charge in [0.25, 0.3) is 5.91 Å². The van der Waals surface area contributed by atoms with Crippen LogP contribution in [-0.2, 0) is 16.4 Å². The third kappa shape index (κ3) is 5.08. The lowest BCUT2D eigenvalue weighted by molar-refractivity contribution is 0.0690. The lowest BCUT2D eigenvalue weighted by Gasteiger charge is -2.07. The van der Waals surface area contributed by atoms with Gasteiger partial charge in [0, 0.05) is 30.5 Å². The highest BCUT2D eigenvalue weighted by Gasteiger charge is 2.14. The van der Waals surface area contributed by atoms with Crippen molar-refractivity contribution in [2.75, 3.05) is 13.1 Å². The number of thiazole rings is 1. The van der Waals surface area contributed by atoms with Crippen LogP contribution in [0.25, 0.3) is 0 Å². The molecule has 0 aliphatic rings. The first-order valence-electron chi connectivity index (χ1n) is 7.39. The fourth-order valence-corrected chi connectivity index (χ4v) is 3.78. The largest absolute Gasteiger partial charge is 0.476 e. The van der Waals surface area contributed by atoms with E-state index in [4.69, 9.17) is 5.11 Å². The summed E-state index contributed by atoms with van der Waals surface area (Å²) in [4.78, 5) is 26.8. The third-order valence-electron chi connectivity index (χ3n) is 3.16. The Hall–Kier alpha value is -2.30. The van der Waals surface area contributed by atoms with Crippen LogP contribution in [0.1, 0.15) is 32.8 Å². The van der Waals surface area contributed by atoms with Gasteiger partial charge in [-0.05, 0) is 24.3 Å². The molecule has 0 radical (unpaired) electrons. The number of hydrogen-bond donors (Lipinski definition) is 3. The monoisotopic (exact) mass is 383 g/mol. The predicted octanol–water partition coefficient (Wildman–Crippen LogP) is 1.11. The number of carboxylic acid groups (broad SMARTS) is 1. The highest BCUT2D eigenvalue weighted by molar-refractivity contribution is 7.89. The number of amides is 1. The van der Waals surface area contributed by atoms with Crippen molar-refractivity contribution in [2.45, 2.75) is 18.2 Å². The van der Waals surface area contributed by atoms with Crippen molar-refractivity contribution in [1.82, 2.24) is 15.0 Å². The molecule has 0 aliphatic heterocycles. The zero-order valence-electron chi connectivity index (χ0n) is 13.4. The van der Waals surface area contributed by atoms with Gasteiger partial charge < -0.3 is 10.4 Å². The number of aromatic carboxylic acids is 1. The summed E-state index contributed by atoms with van der Waals surface area (Å²) in [7, 11) is -3.55. The molecular weight excluding hydrogens is 366 g/mol. The fourth-order valence-electron chi connectivity index (χ4n) is 1.97. The molecule has 0 unspecified atom stereocenters. The number of rotatable bonds is 8. The molecule has 1 amide bonds. The number of sulfonamides is 1. The van der Waals surface area contributed by atoms with Crippen molar-refractivity contribution in [2.24, 2.45) is 0 Å². The van der Waals surface area contributed by atoms with E-state index in [1.54, 1.807) is 6.92 Å². The summed E-state index contributed by atoms with van der Waals surface area (Å²) in [6.45, 7) is 2.26. The summed E-state index contributed by atoms with van der Waals surface area (Å²) in [5.41, 5.74) is 0.324. The second kappa shape index (κ2) is 8.19. The Morgan fingerprint density at radius 2 is 1.92 bits per heavy atom. The van der Waals surface area contributed by atoms with Gasteiger partial charge >= 0.3 is 5.97 Å². The molecule has 0 atom stereocenters. The number of nitrogens with zero attached hydrogens (tertiary/aromatic N) is 1. The van der Waals surface area contributed by atoms with Crippen LogP contribution in [0, 0.1) is 0 Å². The van der Waals surface area contributed by atoms with Crippen LogP contribution >= 0.6 is 11.3 Å². The van der Waals surface area contributed by atoms with Gasteiger partial charge in [-0.25, -0.2) is 22.9 Å². The molecule has 0 aliphatic carbocycles. The van der Waals surface area contributed by atoms with Crippen LogP contribution in [0.3, 0.4) is 0 Å². The molecule has 2 rings (SSSR count). The first-order valence-corrected chi connectivity index (χ1v) is 9.75. The van der Waals surface area contributed by atoms with Crippen LogP contribution in [0.5, 0.6) is 0 Å². The summed E-state index contributed by atoms with van der Waals surface area (Å²) >= 11 is 1.22. The van der Waals surface area contributed by atoms with E-state index in [0.717, 1.165) is 0 Å². The molecule has 0 saturated heterocycles. The number of nitrogens with one attached hydrogen (secondary N) is 2. The van der Waals surface area contributed by atoms with Gasteiger partial charge in [-0.2, -0.15) is 0 Å². The molecule has 0 spiro atoms. The van der Waals surface area contributed by atoms with E-state index in [1.165, 1.54) is 41.0 Å². The number of benzene rings is 1. The summed E-state index contributed by atoms with van der Waals surface area (Å²) in [6.07, 6.45) is 0.413. The average Bonchev–Trinajstić information content (AvgIpc) is 3.04. The Morgan fingerprint density at radius 1 is 1.24 bits per heavy atom. The molecule has 1 aromatic carbocycles. The summed E-state index contributed by atoms with van der Waals surface area (Å²) in [5.74, 6) is -1.43. The molecule has 10 heteroatoms. The van der Waals surface area contributed by atoms with Crippen molar-refractivity contribution in [1.29, 1.82) is 0 Å². The molecule has 1 heterocycles. The third-order valence-corrected chi connectivity index (χ3v) is 5.63. The van der Waals surface area contributed by atoms with Crippen molar-refractivity contribution < 1.29 is 23.1 Å². The minimum Gasteiger partial charge on any atom is -0.476 e. The van der Waals surface area contributed by atoms with E-state index in [9.17, 15) is 18.0 Å². The molecule has 25 heavy (non-hydrogen) atoms. The molecule has 0 bridgehead atoms. The Bertz CT molecular complexity index is 860. The average molecular weight is 383 g/mol. The van der Waals surface area contributed by atoms with Crippen molar-refractivity contribution in [3.05, 3.63) is 45.9 Å². The highest BCUT2D eigenvalue weighted by atomic mass is 32.2. The molecular formula is C15H17N3O5S2. The van der Waals surface area contributed by atoms with Crippen molar-refractivity contribution in [3.63, 3.8) is 0 Å². The second-order valence-electron chi connectivity index (χ2n) is 4.96. The van der Waals surface area contributed by atoms with Gasteiger partial charge in [0.1, 0.15) is 0 Å². The molecule has 8 nitrogen and oxygen atoms in total. The number of carbonyl (C=O) groups excluding carboxylic acids is 1. The summed E-state index contributed by atoms with van der Waals surface area (Å²) in [5, 5.41) is 13.5. The second-order valence-corrected chi connectivity index (χ2v) is 7.67. The predicted molar refractivity (Wildman–Crippen MR) is 92.4 cm³/mol. The Morgan fingerprint density at radius 3 is 2.48 bits per heavy atom. The Balaban J connectivity index is 1.91. The maximum atomic E-state index is 12.0. The first-order chi connectivity index (χ1) is 11.8. The maximum Gasteiger partial charge on any atom is 0.355 e. The molecule has 3 N–H and O–H groups in total. The highest BCUT2D eigenvalue weighted by Crippen LogP contribution is 2.11. The van der Waals surface area contributed by atoms with Gasteiger partial charge in [0.2, 0.25) is 10.0 Å².